The number of rotatable bonds is 24. The number of esters is 2. The van der Waals surface area contributed by atoms with Crippen LogP contribution in [0.25, 0.3) is 0 Å². The fourth-order valence-corrected chi connectivity index (χ4v) is 4.53. The minimum Gasteiger partial charge on any atom is -0.481 e. The average Bonchev–Trinajstić information content (AvgIpc) is 2.84. The van der Waals surface area contributed by atoms with Gasteiger partial charge in [-0.25, -0.2) is 4.79 Å². The van der Waals surface area contributed by atoms with Crippen molar-refractivity contribution in [2.45, 2.75) is 156 Å². The third-order valence-electron chi connectivity index (χ3n) is 6.50. The van der Waals surface area contributed by atoms with Gasteiger partial charge in [0.25, 0.3) is 0 Å². The predicted octanol–water partition coefficient (Wildman–Crippen LogP) is 6.17. The van der Waals surface area contributed by atoms with Crippen molar-refractivity contribution in [3.05, 3.63) is 0 Å². The van der Waals surface area contributed by atoms with E-state index in [4.69, 9.17) is 14.6 Å². The Kier molecular flexibility index (Phi) is 21.3. The molecule has 2 atom stereocenters. The molecule has 0 saturated heterocycles. The van der Waals surface area contributed by atoms with Crippen LogP contribution in [0.2, 0.25) is 0 Å². The van der Waals surface area contributed by atoms with E-state index in [2.05, 4.69) is 24.5 Å². The molecule has 9 heteroatoms. The van der Waals surface area contributed by atoms with Crippen LogP contribution in [0.3, 0.4) is 0 Å². The summed E-state index contributed by atoms with van der Waals surface area (Å²) in [7, 11) is 0. The summed E-state index contributed by atoms with van der Waals surface area (Å²) < 4.78 is 11.0. The van der Waals surface area contributed by atoms with E-state index in [0.717, 1.165) is 64.2 Å². The Morgan fingerprint density at radius 2 is 1.05 bits per heavy atom. The van der Waals surface area contributed by atoms with Gasteiger partial charge < -0.3 is 19.9 Å². The minimum atomic E-state index is -0.758. The SMILES string of the molecule is CC(C)CC(NC(=O)CCCCCCCCC(=O)O)C(=O)OCCCCCCOC(=O)C(CC(C)C)NC(C)(C)C. The molecule has 0 heterocycles. The summed E-state index contributed by atoms with van der Waals surface area (Å²) in [6, 6.07) is -0.950. The minimum absolute atomic E-state index is 0.138. The first-order chi connectivity index (χ1) is 19.2. The Labute approximate surface area is 249 Å². The van der Waals surface area contributed by atoms with Crippen molar-refractivity contribution >= 4 is 23.8 Å². The summed E-state index contributed by atoms with van der Waals surface area (Å²) in [5.41, 5.74) is -0.167. The molecule has 1 amide bonds. The zero-order valence-electron chi connectivity index (χ0n) is 27.0. The molecule has 0 aromatic rings. The summed E-state index contributed by atoms with van der Waals surface area (Å²) in [5, 5.41) is 14.9. The van der Waals surface area contributed by atoms with Crippen molar-refractivity contribution in [1.29, 1.82) is 0 Å². The Morgan fingerprint density at radius 1 is 0.634 bits per heavy atom. The lowest BCUT2D eigenvalue weighted by molar-refractivity contribution is -0.149. The maximum atomic E-state index is 12.6. The first-order valence-electron chi connectivity index (χ1n) is 15.8. The lowest BCUT2D eigenvalue weighted by atomic mass is 10.00. The Bertz CT molecular complexity index is 747. The lowest BCUT2D eigenvalue weighted by Crippen LogP contribution is -2.49. The Morgan fingerprint density at radius 3 is 1.51 bits per heavy atom. The smallest absolute Gasteiger partial charge is 0.328 e. The van der Waals surface area contributed by atoms with Gasteiger partial charge >= 0.3 is 17.9 Å². The molecular formula is C32H60N2O7. The van der Waals surface area contributed by atoms with Gasteiger partial charge in [-0.3, -0.25) is 19.7 Å². The first kappa shape index (κ1) is 38.8. The molecule has 0 saturated carbocycles. The molecule has 240 valence electrons. The lowest BCUT2D eigenvalue weighted by Gasteiger charge is -2.28. The largest absolute Gasteiger partial charge is 0.481 e. The first-order valence-corrected chi connectivity index (χ1v) is 15.8. The number of carboxylic acids is 1. The quantitative estimate of drug-likeness (QED) is 0.0906. The van der Waals surface area contributed by atoms with Gasteiger partial charge in [-0.2, -0.15) is 0 Å². The second-order valence-corrected chi connectivity index (χ2v) is 13.1. The number of hydrogen-bond acceptors (Lipinski definition) is 7. The molecule has 0 aliphatic heterocycles. The molecule has 0 spiro atoms. The van der Waals surface area contributed by atoms with E-state index in [0.29, 0.717) is 38.4 Å². The van der Waals surface area contributed by atoms with Gasteiger partial charge in [0.15, 0.2) is 0 Å². The molecular weight excluding hydrogens is 524 g/mol. The number of aliphatic carboxylic acids is 1. The zero-order chi connectivity index (χ0) is 31.3. The van der Waals surface area contributed by atoms with Crippen LogP contribution in [0.1, 0.15) is 138 Å². The molecule has 0 aromatic heterocycles. The van der Waals surface area contributed by atoms with Crippen LogP contribution in [-0.4, -0.2) is 59.8 Å². The van der Waals surface area contributed by atoms with Crippen molar-refractivity contribution in [2.24, 2.45) is 11.8 Å². The van der Waals surface area contributed by atoms with Crippen LogP contribution in [0.5, 0.6) is 0 Å². The van der Waals surface area contributed by atoms with Gasteiger partial charge in [0, 0.05) is 18.4 Å². The van der Waals surface area contributed by atoms with Crippen LogP contribution in [0.4, 0.5) is 0 Å². The number of carbonyl (C=O) groups is 4. The van der Waals surface area contributed by atoms with Gasteiger partial charge in [0.1, 0.15) is 12.1 Å². The molecule has 0 aromatic carbocycles. The van der Waals surface area contributed by atoms with Gasteiger partial charge in [0.2, 0.25) is 5.91 Å². The zero-order valence-corrected chi connectivity index (χ0v) is 27.0. The molecule has 0 aliphatic carbocycles. The summed E-state index contributed by atoms with van der Waals surface area (Å²) in [4.78, 5) is 48.1. The third kappa shape index (κ3) is 24.2. The van der Waals surface area contributed by atoms with Crippen LogP contribution >= 0.6 is 0 Å². The van der Waals surface area contributed by atoms with Gasteiger partial charge in [-0.15, -0.1) is 0 Å². The second-order valence-electron chi connectivity index (χ2n) is 13.1. The maximum absolute atomic E-state index is 12.6. The molecule has 0 rings (SSSR count). The van der Waals surface area contributed by atoms with Crippen LogP contribution in [0, 0.1) is 11.8 Å². The Hall–Kier alpha value is -2.16. The standard InChI is InChI=1S/C32H60N2O7/c1-24(2)22-26(33-28(35)18-14-10-8-9-11-15-19-29(36)37)30(38)40-20-16-12-13-17-21-41-31(39)27(23-25(3)4)34-32(5,6)7/h24-27,34H,8-23H2,1-7H3,(H,33,35)(H,36,37). The van der Waals surface area contributed by atoms with E-state index in [1.54, 1.807) is 0 Å². The number of carbonyl (C=O) groups excluding carboxylic acids is 3. The van der Waals surface area contributed by atoms with E-state index in [-0.39, 0.29) is 41.8 Å². The van der Waals surface area contributed by atoms with E-state index in [1.807, 2.05) is 34.6 Å². The molecule has 2 unspecified atom stereocenters. The summed E-state index contributed by atoms with van der Waals surface area (Å²) >= 11 is 0. The number of nitrogens with one attached hydrogen (secondary N) is 2. The van der Waals surface area contributed by atoms with Crippen LogP contribution in [0.15, 0.2) is 0 Å². The van der Waals surface area contributed by atoms with Crippen molar-refractivity contribution in [3.8, 4) is 0 Å². The van der Waals surface area contributed by atoms with Gasteiger partial charge in [-0.05, 0) is 84.0 Å². The van der Waals surface area contributed by atoms with E-state index >= 15 is 0 Å². The van der Waals surface area contributed by atoms with E-state index in [1.165, 1.54) is 0 Å². The number of hydrogen-bond donors (Lipinski definition) is 3. The van der Waals surface area contributed by atoms with Gasteiger partial charge in [-0.1, -0.05) is 53.4 Å². The third-order valence-corrected chi connectivity index (χ3v) is 6.50. The number of unbranched alkanes of at least 4 members (excludes halogenated alkanes) is 8. The van der Waals surface area contributed by atoms with Crippen molar-refractivity contribution in [1.82, 2.24) is 10.6 Å². The molecule has 0 radical (unpaired) electrons. The van der Waals surface area contributed by atoms with Gasteiger partial charge in [0.05, 0.1) is 13.2 Å². The van der Waals surface area contributed by atoms with Crippen LogP contribution in [-0.2, 0) is 28.7 Å². The molecule has 0 aliphatic rings. The molecule has 0 bridgehead atoms. The summed E-state index contributed by atoms with van der Waals surface area (Å²) in [6.07, 6.45) is 10.2. The monoisotopic (exact) mass is 584 g/mol. The molecule has 0 fully saturated rings. The predicted molar refractivity (Wildman–Crippen MR) is 162 cm³/mol. The maximum Gasteiger partial charge on any atom is 0.328 e. The molecule has 41 heavy (non-hydrogen) atoms. The highest BCUT2D eigenvalue weighted by molar-refractivity contribution is 5.84. The highest BCUT2D eigenvalue weighted by atomic mass is 16.5. The summed E-state index contributed by atoms with van der Waals surface area (Å²) in [6.45, 7) is 15.0. The second kappa shape index (κ2) is 22.4. The fraction of sp³-hybridized carbons (Fsp3) is 0.875. The number of ether oxygens (including phenoxy) is 2. The molecule has 9 nitrogen and oxygen atoms in total. The molecule has 3 N–H and O–H groups in total. The average molecular weight is 585 g/mol. The van der Waals surface area contributed by atoms with Crippen molar-refractivity contribution in [3.63, 3.8) is 0 Å². The number of amides is 1. The van der Waals surface area contributed by atoms with Crippen molar-refractivity contribution < 1.29 is 33.8 Å². The topological polar surface area (TPSA) is 131 Å². The van der Waals surface area contributed by atoms with Crippen LogP contribution < -0.4 is 10.6 Å². The summed E-state index contributed by atoms with van der Waals surface area (Å²) in [5.74, 6) is -0.860. The Balaban J connectivity index is 4.19. The van der Waals surface area contributed by atoms with E-state index < -0.39 is 12.0 Å². The normalized spacial score (nSPS) is 13.2. The highest BCUT2D eigenvalue weighted by Gasteiger charge is 2.26. The fourth-order valence-electron chi connectivity index (χ4n) is 4.53. The van der Waals surface area contributed by atoms with E-state index in [9.17, 15) is 19.2 Å². The highest BCUT2D eigenvalue weighted by Crippen LogP contribution is 2.13. The number of carboxylic acid groups (broad SMARTS) is 1. The van der Waals surface area contributed by atoms with Crippen molar-refractivity contribution in [2.75, 3.05) is 13.2 Å².